The number of amides is 4. The number of nitrogens with one attached hydrogen (secondary N) is 3. The van der Waals surface area contributed by atoms with Gasteiger partial charge < -0.3 is 35.1 Å². The molecule has 0 aliphatic carbocycles. The van der Waals surface area contributed by atoms with Crippen molar-refractivity contribution in [1.82, 2.24) is 20.9 Å². The number of hydrogen-bond acceptors (Lipinski definition) is 7. The van der Waals surface area contributed by atoms with E-state index in [2.05, 4.69) is 16.0 Å². The van der Waals surface area contributed by atoms with E-state index in [1.165, 1.54) is 4.90 Å². The van der Waals surface area contributed by atoms with Crippen LogP contribution < -0.4 is 30.2 Å². The van der Waals surface area contributed by atoms with Crippen LogP contribution in [0.25, 0.3) is 0 Å². The molecule has 0 aromatic heterocycles. The number of likely N-dealkylation sites (N-methyl/N-ethyl adjacent to an activating group) is 1. The maximum Gasteiger partial charge on any atom is 0.255 e. The normalized spacial score (nSPS) is 17.7. The van der Waals surface area contributed by atoms with Gasteiger partial charge >= 0.3 is 0 Å². The van der Waals surface area contributed by atoms with Crippen LogP contribution in [0.4, 0.5) is 0 Å². The predicted octanol–water partition coefficient (Wildman–Crippen LogP) is 5.17. The van der Waals surface area contributed by atoms with Gasteiger partial charge in [-0.15, -0.1) is 0 Å². The van der Waals surface area contributed by atoms with Crippen LogP contribution in [-0.4, -0.2) is 73.5 Å². The maximum absolute atomic E-state index is 13.7. The van der Waals surface area contributed by atoms with E-state index in [1.54, 1.807) is 80.7 Å². The van der Waals surface area contributed by atoms with E-state index in [4.69, 9.17) is 25.8 Å². The highest BCUT2D eigenvalue weighted by Gasteiger charge is 2.28. The lowest BCUT2D eigenvalue weighted by molar-refractivity contribution is -0.135. The largest absolute Gasteiger partial charge is 0.491 e. The van der Waals surface area contributed by atoms with Gasteiger partial charge in [-0.3, -0.25) is 19.2 Å². The van der Waals surface area contributed by atoms with Crippen LogP contribution in [0.1, 0.15) is 35.7 Å². The Morgan fingerprint density at radius 1 is 0.941 bits per heavy atom. The molecule has 51 heavy (non-hydrogen) atoms. The summed E-state index contributed by atoms with van der Waals surface area (Å²) in [5.74, 6) is 0.0197. The molecule has 0 bridgehead atoms. The van der Waals surface area contributed by atoms with Gasteiger partial charge in [0.05, 0.1) is 18.2 Å². The van der Waals surface area contributed by atoms with E-state index in [-0.39, 0.29) is 50.5 Å². The Morgan fingerprint density at radius 2 is 1.67 bits per heavy atom. The van der Waals surface area contributed by atoms with Gasteiger partial charge in [0.25, 0.3) is 5.91 Å². The first-order valence-electron chi connectivity index (χ1n) is 16.7. The fourth-order valence-corrected chi connectivity index (χ4v) is 5.64. The molecular weight excluding hydrogens is 672 g/mol. The lowest BCUT2D eigenvalue weighted by Gasteiger charge is -2.25. The van der Waals surface area contributed by atoms with Crippen molar-refractivity contribution in [3.63, 3.8) is 0 Å². The van der Waals surface area contributed by atoms with Gasteiger partial charge in [-0.25, -0.2) is 0 Å². The van der Waals surface area contributed by atoms with Gasteiger partial charge in [-0.2, -0.15) is 0 Å². The second-order valence-corrected chi connectivity index (χ2v) is 12.6. The summed E-state index contributed by atoms with van der Waals surface area (Å²) in [6.45, 7) is 2.17. The molecule has 266 valence electrons. The summed E-state index contributed by atoms with van der Waals surface area (Å²) in [7, 11) is 1.64. The summed E-state index contributed by atoms with van der Waals surface area (Å²) in [5, 5.41) is 9.07. The number of fused-ring (bicyclic) bond motifs is 1. The van der Waals surface area contributed by atoms with Gasteiger partial charge in [0.1, 0.15) is 36.8 Å². The average molecular weight is 713 g/mol. The fourth-order valence-electron chi connectivity index (χ4n) is 5.46. The highest BCUT2D eigenvalue weighted by Crippen LogP contribution is 2.32. The summed E-state index contributed by atoms with van der Waals surface area (Å²) in [6.07, 6.45) is 0.126. The number of nitrogens with zero attached hydrogens (tertiary/aromatic N) is 1. The number of carbonyl (C=O) groups excluding carboxylic acids is 4. The third-order valence-electron chi connectivity index (χ3n) is 8.14. The lowest BCUT2D eigenvalue weighted by atomic mass is 10.0. The highest BCUT2D eigenvalue weighted by atomic mass is 35.5. The van der Waals surface area contributed by atoms with E-state index in [9.17, 15) is 19.2 Å². The summed E-state index contributed by atoms with van der Waals surface area (Å²) in [6, 6.07) is 27.8. The molecule has 4 amide bonds. The van der Waals surface area contributed by atoms with Crippen LogP contribution in [0.3, 0.4) is 0 Å². The van der Waals surface area contributed by atoms with Crippen molar-refractivity contribution in [2.75, 3.05) is 26.8 Å². The van der Waals surface area contributed by atoms with Crippen molar-refractivity contribution in [3.8, 4) is 23.0 Å². The monoisotopic (exact) mass is 712 g/mol. The number of halogens is 1. The van der Waals surface area contributed by atoms with Crippen molar-refractivity contribution >= 4 is 35.2 Å². The molecule has 0 fully saturated rings. The quantitative estimate of drug-likeness (QED) is 0.218. The molecule has 0 spiro atoms. The lowest BCUT2D eigenvalue weighted by Crippen LogP contribution is -2.51. The standard InChI is InChI=1S/C39H41ClN4O7/c1-26(25-50-34-17-8-9-18-35(34)51-29-14-10-13-28(40)24-29)41-38(47)31-19-20-36(45)42-32(23-27-11-4-3-5-12-27)39(48)44(2)21-22-49-33-16-7-6-15-30(33)37(46)43-31/h3-18,24,26,31-32H,19-23,25H2,1-2H3,(H,41,47)(H,42,45)(H,43,46)/t26-,31+,32+/m1/s1. The second-order valence-electron chi connectivity index (χ2n) is 12.2. The Hall–Kier alpha value is -5.55. The van der Waals surface area contributed by atoms with Crippen LogP contribution in [0.2, 0.25) is 5.02 Å². The van der Waals surface area contributed by atoms with Gasteiger partial charge in [0.15, 0.2) is 11.5 Å². The summed E-state index contributed by atoms with van der Waals surface area (Å²) < 4.78 is 17.9. The third-order valence-corrected chi connectivity index (χ3v) is 8.38. The van der Waals surface area contributed by atoms with E-state index < -0.39 is 35.8 Å². The van der Waals surface area contributed by atoms with E-state index in [1.807, 2.05) is 36.4 Å². The van der Waals surface area contributed by atoms with Crippen LogP contribution in [-0.2, 0) is 20.8 Å². The molecule has 1 heterocycles. The van der Waals surface area contributed by atoms with E-state index in [0.29, 0.717) is 28.0 Å². The molecule has 0 radical (unpaired) electrons. The molecule has 1 aliphatic heterocycles. The van der Waals surface area contributed by atoms with E-state index in [0.717, 1.165) is 5.56 Å². The Labute approximate surface area is 302 Å². The summed E-state index contributed by atoms with van der Waals surface area (Å²) >= 11 is 6.11. The number of hydrogen-bond donors (Lipinski definition) is 3. The zero-order chi connectivity index (χ0) is 36.2. The van der Waals surface area contributed by atoms with Crippen molar-refractivity contribution in [3.05, 3.63) is 119 Å². The summed E-state index contributed by atoms with van der Waals surface area (Å²) in [4.78, 5) is 55.5. The molecule has 12 heteroatoms. The van der Waals surface area contributed by atoms with Gasteiger partial charge in [0.2, 0.25) is 17.7 Å². The Balaban J connectivity index is 1.29. The molecule has 3 atom stereocenters. The van der Waals surface area contributed by atoms with Gasteiger partial charge in [-0.05, 0) is 61.4 Å². The van der Waals surface area contributed by atoms with Crippen molar-refractivity contribution < 1.29 is 33.4 Å². The van der Waals surface area contributed by atoms with E-state index >= 15 is 0 Å². The van der Waals surface area contributed by atoms with Crippen LogP contribution in [0.5, 0.6) is 23.0 Å². The highest BCUT2D eigenvalue weighted by molar-refractivity contribution is 6.30. The van der Waals surface area contributed by atoms with Crippen molar-refractivity contribution in [2.45, 2.75) is 44.3 Å². The third kappa shape index (κ3) is 10.7. The zero-order valence-corrected chi connectivity index (χ0v) is 29.2. The number of rotatable bonds is 9. The summed E-state index contributed by atoms with van der Waals surface area (Å²) in [5.41, 5.74) is 1.10. The average Bonchev–Trinajstić information content (AvgIpc) is 3.12. The Kier molecular flexibility index (Phi) is 12.9. The minimum atomic E-state index is -1.09. The zero-order valence-electron chi connectivity index (χ0n) is 28.5. The van der Waals surface area contributed by atoms with Crippen LogP contribution in [0, 0.1) is 0 Å². The predicted molar refractivity (Wildman–Crippen MR) is 193 cm³/mol. The minimum absolute atomic E-state index is 0.0294. The van der Waals surface area contributed by atoms with Crippen LogP contribution >= 0.6 is 11.6 Å². The molecule has 0 saturated heterocycles. The molecule has 0 saturated carbocycles. The second kappa shape index (κ2) is 17.9. The first-order valence-corrected chi connectivity index (χ1v) is 17.1. The number of benzene rings is 4. The Morgan fingerprint density at radius 3 is 2.45 bits per heavy atom. The topological polar surface area (TPSA) is 135 Å². The smallest absolute Gasteiger partial charge is 0.255 e. The van der Waals surface area contributed by atoms with Crippen molar-refractivity contribution in [2.24, 2.45) is 0 Å². The molecule has 11 nitrogen and oxygen atoms in total. The van der Waals surface area contributed by atoms with Gasteiger partial charge in [0, 0.05) is 24.9 Å². The van der Waals surface area contributed by atoms with Crippen molar-refractivity contribution in [1.29, 1.82) is 0 Å². The number of para-hydroxylation sites is 3. The number of carbonyl (C=O) groups is 4. The maximum atomic E-state index is 13.7. The molecule has 1 aliphatic rings. The molecule has 3 N–H and O–H groups in total. The molecule has 5 rings (SSSR count). The molecular formula is C39H41ClN4O7. The first-order chi connectivity index (χ1) is 24.7. The molecule has 4 aromatic carbocycles. The Bertz CT molecular complexity index is 1820. The SMILES string of the molecule is C[C@H](COc1ccccc1Oc1cccc(Cl)c1)NC(=O)[C@@H]1CCC(=O)N[C@@H](Cc2ccccc2)C(=O)N(C)CCOc2ccccc2C(=O)N1. The molecule has 4 aromatic rings. The number of ether oxygens (including phenoxy) is 3. The van der Waals surface area contributed by atoms with Crippen LogP contribution in [0.15, 0.2) is 103 Å². The fraction of sp³-hybridized carbons (Fsp3) is 0.282. The minimum Gasteiger partial charge on any atom is -0.491 e. The van der Waals surface area contributed by atoms with Gasteiger partial charge in [-0.1, -0.05) is 72.3 Å². The first kappa shape index (κ1) is 36.7. The molecule has 0 unspecified atom stereocenters.